The van der Waals surface area contributed by atoms with Crippen LogP contribution in [0.1, 0.15) is 47.6 Å². The van der Waals surface area contributed by atoms with E-state index >= 15 is 0 Å². The van der Waals surface area contributed by atoms with Crippen molar-refractivity contribution >= 4 is 5.91 Å². The molecule has 0 fully saturated rings. The zero-order valence-electron chi connectivity index (χ0n) is 18.3. The van der Waals surface area contributed by atoms with Crippen LogP contribution in [0.4, 0.5) is 0 Å². The minimum absolute atomic E-state index is 0.0173. The summed E-state index contributed by atoms with van der Waals surface area (Å²) in [6.45, 7) is 7.61. The Kier molecular flexibility index (Phi) is 6.01. The molecule has 0 radical (unpaired) electrons. The molecule has 1 unspecified atom stereocenters. The van der Waals surface area contributed by atoms with E-state index in [-0.39, 0.29) is 17.6 Å². The molecular formula is C22H29N7O2. The third kappa shape index (κ3) is 4.60. The SMILES string of the molecule is Cc1nn(CCC(=O)NC2CCc3nn(Cc4cccnc4)c(=O)n3CC2)c(C)c1C. The molecule has 164 valence electrons. The number of nitrogens with one attached hydrogen (secondary N) is 1. The fourth-order valence-corrected chi connectivity index (χ4v) is 4.05. The van der Waals surface area contributed by atoms with Crippen molar-refractivity contribution in [3.8, 4) is 0 Å². The number of amides is 1. The third-order valence-corrected chi connectivity index (χ3v) is 6.13. The molecule has 4 rings (SSSR count). The van der Waals surface area contributed by atoms with Gasteiger partial charge in [0.25, 0.3) is 0 Å². The lowest BCUT2D eigenvalue weighted by molar-refractivity contribution is -0.122. The Balaban J connectivity index is 1.33. The Morgan fingerprint density at radius 2 is 2.03 bits per heavy atom. The van der Waals surface area contributed by atoms with Crippen LogP contribution in [-0.4, -0.2) is 41.1 Å². The minimum Gasteiger partial charge on any atom is -0.353 e. The number of aryl methyl sites for hydroxylation is 3. The fourth-order valence-electron chi connectivity index (χ4n) is 4.05. The van der Waals surface area contributed by atoms with Crippen LogP contribution in [0.2, 0.25) is 0 Å². The van der Waals surface area contributed by atoms with Gasteiger partial charge >= 0.3 is 5.69 Å². The first-order chi connectivity index (χ1) is 14.9. The summed E-state index contributed by atoms with van der Waals surface area (Å²) in [5, 5.41) is 12.2. The Morgan fingerprint density at radius 3 is 2.74 bits per heavy atom. The fraction of sp³-hybridized carbons (Fsp3) is 0.500. The summed E-state index contributed by atoms with van der Waals surface area (Å²) in [5.41, 5.74) is 4.12. The Morgan fingerprint density at radius 1 is 1.19 bits per heavy atom. The molecule has 4 heterocycles. The maximum Gasteiger partial charge on any atom is 0.346 e. The van der Waals surface area contributed by atoms with Crippen LogP contribution in [0.15, 0.2) is 29.3 Å². The second-order valence-electron chi connectivity index (χ2n) is 8.23. The monoisotopic (exact) mass is 423 g/mol. The maximum atomic E-state index is 12.8. The van der Waals surface area contributed by atoms with Gasteiger partial charge in [0.1, 0.15) is 5.82 Å². The largest absolute Gasteiger partial charge is 0.353 e. The van der Waals surface area contributed by atoms with Gasteiger partial charge in [0, 0.05) is 50.1 Å². The first kappa shape index (κ1) is 21.0. The summed E-state index contributed by atoms with van der Waals surface area (Å²) in [6.07, 6.45) is 6.00. The van der Waals surface area contributed by atoms with Crippen molar-refractivity contribution < 1.29 is 4.79 Å². The molecule has 0 aliphatic carbocycles. The van der Waals surface area contributed by atoms with E-state index in [0.29, 0.717) is 32.5 Å². The highest BCUT2D eigenvalue weighted by molar-refractivity contribution is 5.76. The van der Waals surface area contributed by atoms with Crippen LogP contribution in [0.25, 0.3) is 0 Å². The smallest absolute Gasteiger partial charge is 0.346 e. The highest BCUT2D eigenvalue weighted by Crippen LogP contribution is 2.14. The molecule has 0 saturated heterocycles. The maximum absolute atomic E-state index is 12.8. The second kappa shape index (κ2) is 8.87. The minimum atomic E-state index is -0.106. The average Bonchev–Trinajstić information content (AvgIpc) is 3.09. The van der Waals surface area contributed by atoms with Crippen LogP contribution in [0, 0.1) is 20.8 Å². The number of hydrogen-bond acceptors (Lipinski definition) is 5. The van der Waals surface area contributed by atoms with Crippen molar-refractivity contribution in [2.75, 3.05) is 0 Å². The molecule has 0 saturated carbocycles. The van der Waals surface area contributed by atoms with Crippen molar-refractivity contribution in [2.24, 2.45) is 0 Å². The lowest BCUT2D eigenvalue weighted by Gasteiger charge is -2.16. The highest BCUT2D eigenvalue weighted by Gasteiger charge is 2.22. The number of aromatic nitrogens is 6. The number of carbonyl (C=O) groups excluding carboxylic acids is 1. The van der Waals surface area contributed by atoms with E-state index in [1.54, 1.807) is 17.0 Å². The zero-order valence-corrected chi connectivity index (χ0v) is 18.3. The van der Waals surface area contributed by atoms with E-state index < -0.39 is 0 Å². The van der Waals surface area contributed by atoms with Crippen LogP contribution in [0.5, 0.6) is 0 Å². The van der Waals surface area contributed by atoms with Gasteiger partial charge in [-0.25, -0.2) is 9.48 Å². The van der Waals surface area contributed by atoms with Gasteiger partial charge < -0.3 is 5.32 Å². The Labute approximate surface area is 181 Å². The lowest BCUT2D eigenvalue weighted by atomic mass is 10.1. The van der Waals surface area contributed by atoms with Crippen LogP contribution in [-0.2, 0) is 30.8 Å². The Hall–Kier alpha value is -3.23. The highest BCUT2D eigenvalue weighted by atomic mass is 16.2. The number of rotatable bonds is 6. The summed E-state index contributed by atoms with van der Waals surface area (Å²) in [6, 6.07) is 3.83. The number of fused-ring (bicyclic) bond motifs is 1. The second-order valence-corrected chi connectivity index (χ2v) is 8.23. The normalized spacial score (nSPS) is 16.0. The molecule has 3 aromatic rings. The summed E-state index contributed by atoms with van der Waals surface area (Å²) in [7, 11) is 0. The van der Waals surface area contributed by atoms with Gasteiger partial charge in [-0.05, 0) is 50.8 Å². The molecule has 0 bridgehead atoms. The van der Waals surface area contributed by atoms with Gasteiger partial charge in [0.15, 0.2) is 0 Å². The van der Waals surface area contributed by atoms with Crippen molar-refractivity contribution in [3.05, 3.63) is 63.3 Å². The molecule has 1 aliphatic rings. The lowest BCUT2D eigenvalue weighted by Crippen LogP contribution is -2.36. The van der Waals surface area contributed by atoms with Gasteiger partial charge in [-0.2, -0.15) is 10.2 Å². The van der Waals surface area contributed by atoms with Gasteiger partial charge in [-0.3, -0.25) is 19.0 Å². The molecule has 1 atom stereocenters. The molecule has 9 heteroatoms. The van der Waals surface area contributed by atoms with Crippen LogP contribution < -0.4 is 11.0 Å². The summed E-state index contributed by atoms with van der Waals surface area (Å²) in [5.74, 6) is 0.799. The van der Waals surface area contributed by atoms with Crippen LogP contribution in [0.3, 0.4) is 0 Å². The van der Waals surface area contributed by atoms with Gasteiger partial charge in [0.2, 0.25) is 5.91 Å². The molecule has 1 aliphatic heterocycles. The molecule has 9 nitrogen and oxygen atoms in total. The van der Waals surface area contributed by atoms with Gasteiger partial charge in [0.05, 0.1) is 12.2 Å². The van der Waals surface area contributed by atoms with E-state index in [0.717, 1.165) is 35.6 Å². The van der Waals surface area contributed by atoms with E-state index in [9.17, 15) is 9.59 Å². The van der Waals surface area contributed by atoms with Crippen molar-refractivity contribution in [1.29, 1.82) is 0 Å². The number of hydrogen-bond donors (Lipinski definition) is 1. The van der Waals surface area contributed by atoms with Crippen LogP contribution >= 0.6 is 0 Å². The third-order valence-electron chi connectivity index (χ3n) is 6.13. The van der Waals surface area contributed by atoms with E-state index in [2.05, 4.69) is 20.5 Å². The van der Waals surface area contributed by atoms with E-state index in [1.165, 1.54) is 10.2 Å². The summed E-state index contributed by atoms with van der Waals surface area (Å²) in [4.78, 5) is 29.3. The average molecular weight is 424 g/mol. The molecule has 0 aromatic carbocycles. The molecular weight excluding hydrogens is 394 g/mol. The predicted octanol–water partition coefficient (Wildman–Crippen LogP) is 1.52. The van der Waals surface area contributed by atoms with Crippen molar-refractivity contribution in [2.45, 2.75) is 72.1 Å². The number of carbonyl (C=O) groups is 1. The standard InChI is InChI=1S/C22H29N7O2/c1-15-16(2)25-28(17(15)3)12-9-21(30)24-19-6-7-20-26-29(22(31)27(20)11-8-19)14-18-5-4-10-23-13-18/h4-5,10,13,19H,6-9,11-12,14H2,1-3H3,(H,24,30). The number of pyridine rings is 1. The first-order valence-corrected chi connectivity index (χ1v) is 10.8. The van der Waals surface area contributed by atoms with Crippen molar-refractivity contribution in [3.63, 3.8) is 0 Å². The molecule has 3 aromatic heterocycles. The van der Waals surface area contributed by atoms with Crippen molar-refractivity contribution in [1.82, 2.24) is 34.4 Å². The molecule has 31 heavy (non-hydrogen) atoms. The Bertz CT molecular complexity index is 1130. The predicted molar refractivity (Wildman–Crippen MR) is 116 cm³/mol. The summed E-state index contributed by atoms with van der Waals surface area (Å²) >= 11 is 0. The molecule has 0 spiro atoms. The molecule has 1 amide bonds. The van der Waals surface area contributed by atoms with Gasteiger partial charge in [-0.15, -0.1) is 0 Å². The van der Waals surface area contributed by atoms with E-state index in [1.807, 2.05) is 37.6 Å². The zero-order chi connectivity index (χ0) is 22.0. The first-order valence-electron chi connectivity index (χ1n) is 10.8. The molecule has 1 N–H and O–H groups in total. The van der Waals surface area contributed by atoms with E-state index in [4.69, 9.17) is 0 Å². The number of nitrogens with zero attached hydrogens (tertiary/aromatic N) is 6. The quantitative estimate of drug-likeness (QED) is 0.648. The topological polar surface area (TPSA) is 99.6 Å². The van der Waals surface area contributed by atoms with Gasteiger partial charge in [-0.1, -0.05) is 6.07 Å². The summed E-state index contributed by atoms with van der Waals surface area (Å²) < 4.78 is 5.14.